The van der Waals surface area contributed by atoms with Crippen LogP contribution in [-0.4, -0.2) is 64.3 Å². The number of nitrogens with zero attached hydrogens (tertiary/aromatic N) is 3. The quantitative estimate of drug-likeness (QED) is 0.495. The van der Waals surface area contributed by atoms with Gasteiger partial charge in [-0.3, -0.25) is 13.9 Å². The Kier molecular flexibility index (Phi) is 7.54. The van der Waals surface area contributed by atoms with Crippen molar-refractivity contribution in [3.63, 3.8) is 0 Å². The maximum absolute atomic E-state index is 14.1. The molecule has 9 nitrogen and oxygen atoms in total. The SMILES string of the molecule is CN[C@@H](C)C(=O)N[C@H]1CN(S(=O)(=O)N(C)C)c2ccccc2N(Cc2c(C)ccc3ccccc23)C1=O. The molecular formula is C27H33N5O4S. The highest BCUT2D eigenvalue weighted by molar-refractivity contribution is 7.90. The number of rotatable bonds is 7. The fourth-order valence-corrected chi connectivity index (χ4v) is 5.61. The number of nitrogens with one attached hydrogen (secondary N) is 2. The van der Waals surface area contributed by atoms with E-state index in [0.717, 1.165) is 26.2 Å². The van der Waals surface area contributed by atoms with Gasteiger partial charge < -0.3 is 15.5 Å². The van der Waals surface area contributed by atoms with E-state index in [1.807, 2.05) is 43.3 Å². The molecule has 3 aromatic rings. The fourth-order valence-electron chi connectivity index (χ4n) is 4.48. The van der Waals surface area contributed by atoms with Crippen molar-refractivity contribution in [3.05, 3.63) is 71.8 Å². The molecular weight excluding hydrogens is 490 g/mol. The lowest BCUT2D eigenvalue weighted by Gasteiger charge is -2.29. The van der Waals surface area contributed by atoms with Gasteiger partial charge in [0.1, 0.15) is 6.04 Å². The molecule has 0 radical (unpaired) electrons. The molecule has 0 aromatic heterocycles. The standard InChI is InChI=1S/C27H33N5O4S/c1-18-14-15-20-10-6-7-11-21(20)22(18)16-31-24-12-8-9-13-25(24)32(37(35,36)30(4)5)17-23(27(31)34)29-26(33)19(2)28-3/h6-15,19,23,28H,16-17H2,1-5H3,(H,29,33)/t19-,23-/m0/s1. The molecule has 4 rings (SSSR count). The van der Waals surface area contributed by atoms with Crippen LogP contribution in [0.2, 0.25) is 0 Å². The molecule has 2 amide bonds. The van der Waals surface area contributed by atoms with E-state index in [4.69, 9.17) is 0 Å². The summed E-state index contributed by atoms with van der Waals surface area (Å²) in [7, 11) is 0.559. The van der Waals surface area contributed by atoms with Crippen LogP contribution in [0.25, 0.3) is 10.8 Å². The van der Waals surface area contributed by atoms with Crippen molar-refractivity contribution < 1.29 is 18.0 Å². The van der Waals surface area contributed by atoms with E-state index in [2.05, 4.69) is 10.6 Å². The number of fused-ring (bicyclic) bond motifs is 2. The van der Waals surface area contributed by atoms with Gasteiger partial charge in [-0.25, -0.2) is 0 Å². The molecule has 3 aromatic carbocycles. The number of benzene rings is 3. The van der Waals surface area contributed by atoms with Crippen molar-refractivity contribution in [1.29, 1.82) is 0 Å². The lowest BCUT2D eigenvalue weighted by molar-refractivity contribution is -0.128. The smallest absolute Gasteiger partial charge is 0.303 e. The Labute approximate surface area is 218 Å². The molecule has 10 heteroatoms. The number of hydrogen-bond acceptors (Lipinski definition) is 5. The van der Waals surface area contributed by atoms with E-state index in [9.17, 15) is 18.0 Å². The highest BCUT2D eigenvalue weighted by Gasteiger charge is 2.40. The Morgan fingerprint density at radius 1 is 1.05 bits per heavy atom. The molecule has 2 atom stereocenters. The van der Waals surface area contributed by atoms with Crippen LogP contribution in [0.4, 0.5) is 11.4 Å². The highest BCUT2D eigenvalue weighted by atomic mass is 32.2. The Hall–Kier alpha value is -3.47. The largest absolute Gasteiger partial charge is 0.341 e. The van der Waals surface area contributed by atoms with E-state index < -0.39 is 28.2 Å². The third kappa shape index (κ3) is 5.04. The van der Waals surface area contributed by atoms with Crippen LogP contribution >= 0.6 is 0 Å². The van der Waals surface area contributed by atoms with Gasteiger partial charge in [0.05, 0.1) is 30.5 Å². The van der Waals surface area contributed by atoms with Crippen molar-refractivity contribution in [2.24, 2.45) is 0 Å². The van der Waals surface area contributed by atoms with E-state index >= 15 is 0 Å². The summed E-state index contributed by atoms with van der Waals surface area (Å²) in [4.78, 5) is 28.5. The molecule has 2 N–H and O–H groups in total. The topological polar surface area (TPSA) is 102 Å². The first-order chi connectivity index (χ1) is 17.6. The lowest BCUT2D eigenvalue weighted by Crippen LogP contribution is -2.56. The molecule has 1 aliphatic rings. The van der Waals surface area contributed by atoms with Gasteiger partial charge in [0.15, 0.2) is 0 Å². The van der Waals surface area contributed by atoms with Gasteiger partial charge in [0.2, 0.25) is 5.91 Å². The Balaban J connectivity index is 1.89. The Morgan fingerprint density at radius 2 is 1.70 bits per heavy atom. The molecule has 0 spiro atoms. The third-order valence-electron chi connectivity index (χ3n) is 6.83. The monoisotopic (exact) mass is 523 g/mol. The lowest BCUT2D eigenvalue weighted by atomic mass is 9.99. The summed E-state index contributed by atoms with van der Waals surface area (Å²) in [5.41, 5.74) is 2.80. The Bertz CT molecular complexity index is 1440. The predicted octanol–water partition coefficient (Wildman–Crippen LogP) is 2.40. The average molecular weight is 524 g/mol. The first kappa shape index (κ1) is 26.6. The van der Waals surface area contributed by atoms with Crippen molar-refractivity contribution in [3.8, 4) is 0 Å². The van der Waals surface area contributed by atoms with Crippen molar-refractivity contribution >= 4 is 44.2 Å². The number of amides is 2. The van der Waals surface area contributed by atoms with Crippen molar-refractivity contribution in [2.75, 3.05) is 36.9 Å². The van der Waals surface area contributed by atoms with Gasteiger partial charge in [-0.2, -0.15) is 12.7 Å². The van der Waals surface area contributed by atoms with Crippen LogP contribution in [0.1, 0.15) is 18.1 Å². The molecule has 0 saturated heterocycles. The number of likely N-dealkylation sites (N-methyl/N-ethyl adjacent to an activating group) is 1. The second kappa shape index (κ2) is 10.5. The van der Waals surface area contributed by atoms with Crippen molar-refractivity contribution in [2.45, 2.75) is 32.5 Å². The summed E-state index contributed by atoms with van der Waals surface area (Å²) in [6, 6.07) is 17.3. The molecule has 0 fully saturated rings. The average Bonchev–Trinajstić information content (AvgIpc) is 3.00. The molecule has 0 unspecified atom stereocenters. The molecule has 0 bridgehead atoms. The van der Waals surface area contributed by atoms with Crippen LogP contribution in [0.3, 0.4) is 0 Å². The summed E-state index contributed by atoms with van der Waals surface area (Å²) in [5.74, 6) is -0.775. The number of para-hydroxylation sites is 2. The van der Waals surface area contributed by atoms with Crippen LogP contribution in [0.5, 0.6) is 0 Å². The maximum atomic E-state index is 14.1. The van der Waals surface area contributed by atoms with E-state index in [-0.39, 0.29) is 19.0 Å². The zero-order valence-corrected chi connectivity index (χ0v) is 22.5. The molecule has 0 aliphatic carbocycles. The second-order valence-electron chi connectivity index (χ2n) is 9.39. The van der Waals surface area contributed by atoms with E-state index in [1.165, 1.54) is 18.4 Å². The van der Waals surface area contributed by atoms with Gasteiger partial charge in [0.25, 0.3) is 5.91 Å². The summed E-state index contributed by atoms with van der Waals surface area (Å²) in [5, 5.41) is 7.71. The van der Waals surface area contributed by atoms with Crippen LogP contribution in [-0.2, 0) is 26.3 Å². The van der Waals surface area contributed by atoms with Gasteiger partial charge in [0, 0.05) is 14.1 Å². The van der Waals surface area contributed by atoms with Crippen LogP contribution in [0, 0.1) is 6.92 Å². The minimum Gasteiger partial charge on any atom is -0.341 e. The fraction of sp³-hybridized carbons (Fsp3) is 0.333. The normalized spacial score (nSPS) is 17.0. The molecule has 1 heterocycles. The maximum Gasteiger partial charge on any atom is 0.303 e. The summed E-state index contributed by atoms with van der Waals surface area (Å²) in [6.07, 6.45) is 0. The van der Waals surface area contributed by atoms with Crippen LogP contribution in [0.15, 0.2) is 60.7 Å². The molecule has 196 valence electrons. The van der Waals surface area contributed by atoms with Gasteiger partial charge in [-0.15, -0.1) is 0 Å². The number of carbonyl (C=O) groups is 2. The van der Waals surface area contributed by atoms with Crippen molar-refractivity contribution in [1.82, 2.24) is 14.9 Å². The zero-order valence-electron chi connectivity index (χ0n) is 21.7. The number of carbonyl (C=O) groups excluding carboxylic acids is 2. The molecule has 1 aliphatic heterocycles. The third-order valence-corrected chi connectivity index (χ3v) is 8.65. The first-order valence-electron chi connectivity index (χ1n) is 12.1. The zero-order chi connectivity index (χ0) is 26.9. The van der Waals surface area contributed by atoms with Crippen LogP contribution < -0.4 is 19.8 Å². The summed E-state index contributed by atoms with van der Waals surface area (Å²) in [6.45, 7) is 3.65. The highest BCUT2D eigenvalue weighted by Crippen LogP contribution is 2.37. The minimum atomic E-state index is -3.97. The Morgan fingerprint density at radius 3 is 2.38 bits per heavy atom. The van der Waals surface area contributed by atoms with Gasteiger partial charge >= 0.3 is 10.2 Å². The minimum absolute atomic E-state index is 0.215. The predicted molar refractivity (Wildman–Crippen MR) is 147 cm³/mol. The van der Waals surface area contributed by atoms with Gasteiger partial charge in [-0.05, 0) is 54.9 Å². The number of aryl methyl sites for hydroxylation is 1. The van der Waals surface area contributed by atoms with E-state index in [0.29, 0.717) is 11.4 Å². The number of hydrogen-bond donors (Lipinski definition) is 2. The second-order valence-corrected chi connectivity index (χ2v) is 11.5. The number of anilines is 2. The molecule has 0 saturated carbocycles. The first-order valence-corrected chi connectivity index (χ1v) is 13.5. The summed E-state index contributed by atoms with van der Waals surface area (Å²) >= 11 is 0. The summed E-state index contributed by atoms with van der Waals surface area (Å²) < 4.78 is 29.1. The van der Waals surface area contributed by atoms with E-state index in [1.54, 1.807) is 43.1 Å². The van der Waals surface area contributed by atoms with Gasteiger partial charge in [-0.1, -0.05) is 48.5 Å². The molecule has 37 heavy (non-hydrogen) atoms.